The molecule has 1 aliphatic rings. The highest BCUT2D eigenvalue weighted by atomic mass is 32.1. The number of nitrogens with one attached hydrogen (secondary N) is 1. The first-order valence-corrected chi connectivity index (χ1v) is 9.84. The Morgan fingerprint density at radius 2 is 2.16 bits per heavy atom. The molecule has 5 nitrogen and oxygen atoms in total. The van der Waals surface area contributed by atoms with Gasteiger partial charge in [-0.05, 0) is 43.7 Å². The number of aryl methyl sites for hydroxylation is 1. The number of carbonyl (C=O) groups is 1. The van der Waals surface area contributed by atoms with Gasteiger partial charge in [0.05, 0.1) is 17.8 Å². The summed E-state index contributed by atoms with van der Waals surface area (Å²) in [5.41, 5.74) is 2.06. The lowest BCUT2D eigenvalue weighted by atomic mass is 9.97. The Morgan fingerprint density at radius 1 is 1.32 bits per heavy atom. The second-order valence-electron chi connectivity index (χ2n) is 6.95. The van der Waals surface area contributed by atoms with Gasteiger partial charge in [0.2, 0.25) is 0 Å². The van der Waals surface area contributed by atoms with Gasteiger partial charge in [0.1, 0.15) is 5.01 Å². The van der Waals surface area contributed by atoms with Gasteiger partial charge >= 0.3 is 6.03 Å². The average molecular weight is 359 g/mol. The van der Waals surface area contributed by atoms with E-state index in [4.69, 9.17) is 0 Å². The molecule has 25 heavy (non-hydrogen) atoms. The molecule has 1 fully saturated rings. The third-order valence-electron chi connectivity index (χ3n) is 4.79. The summed E-state index contributed by atoms with van der Waals surface area (Å²) in [7, 11) is 0. The Hall–Kier alpha value is -1.95. The number of piperidine rings is 1. The van der Waals surface area contributed by atoms with Crippen LogP contribution in [0.1, 0.15) is 61.5 Å². The highest BCUT2D eigenvalue weighted by molar-refractivity contribution is 7.09. The molecule has 2 unspecified atom stereocenters. The van der Waals surface area contributed by atoms with Crippen LogP contribution < -0.4 is 5.32 Å². The number of hydrogen-bond donors (Lipinski definition) is 1. The molecule has 0 saturated carbocycles. The van der Waals surface area contributed by atoms with Gasteiger partial charge in [-0.25, -0.2) is 9.78 Å². The Morgan fingerprint density at radius 3 is 2.84 bits per heavy atom. The highest BCUT2D eigenvalue weighted by Gasteiger charge is 2.32. The third-order valence-corrected chi connectivity index (χ3v) is 5.67. The van der Waals surface area contributed by atoms with Crippen molar-refractivity contribution in [1.29, 1.82) is 0 Å². The molecule has 6 heteroatoms. The van der Waals surface area contributed by atoms with Crippen molar-refractivity contribution in [3.8, 4) is 0 Å². The number of carbonyl (C=O) groups excluding carboxylic acids is 1. The molecule has 0 aliphatic carbocycles. The fraction of sp³-hybridized carbons (Fsp3) is 0.526. The smallest absolute Gasteiger partial charge is 0.318 e. The van der Waals surface area contributed by atoms with Crippen LogP contribution in [0, 0.1) is 12.8 Å². The van der Waals surface area contributed by atoms with Crippen molar-refractivity contribution in [3.05, 3.63) is 46.2 Å². The normalized spacial score (nSPS) is 19.0. The van der Waals surface area contributed by atoms with E-state index in [0.29, 0.717) is 0 Å². The molecule has 134 valence electrons. The van der Waals surface area contributed by atoms with Crippen LogP contribution in [0.4, 0.5) is 4.79 Å². The van der Waals surface area contributed by atoms with Crippen LogP contribution in [0.25, 0.3) is 0 Å². The summed E-state index contributed by atoms with van der Waals surface area (Å²) in [6.07, 6.45) is 6.78. The molecule has 1 saturated heterocycles. The molecular formula is C19H26N4OS. The van der Waals surface area contributed by atoms with E-state index in [9.17, 15) is 4.79 Å². The van der Waals surface area contributed by atoms with Gasteiger partial charge in [0.15, 0.2) is 0 Å². The summed E-state index contributed by atoms with van der Waals surface area (Å²) < 4.78 is 0. The summed E-state index contributed by atoms with van der Waals surface area (Å²) >= 11 is 1.63. The van der Waals surface area contributed by atoms with Crippen LogP contribution in [0.2, 0.25) is 0 Å². The van der Waals surface area contributed by atoms with Crippen LogP contribution >= 0.6 is 11.3 Å². The lowest BCUT2D eigenvalue weighted by molar-refractivity contribution is 0.145. The zero-order valence-electron chi connectivity index (χ0n) is 15.1. The van der Waals surface area contributed by atoms with E-state index >= 15 is 0 Å². The van der Waals surface area contributed by atoms with Gasteiger partial charge in [-0.3, -0.25) is 4.98 Å². The predicted octanol–water partition coefficient (Wildman–Crippen LogP) is 4.48. The van der Waals surface area contributed by atoms with Gasteiger partial charge in [-0.2, -0.15) is 0 Å². The van der Waals surface area contributed by atoms with Crippen LogP contribution in [-0.2, 0) is 0 Å². The number of nitrogens with zero attached hydrogens (tertiary/aromatic N) is 3. The minimum atomic E-state index is -0.0902. The lowest BCUT2D eigenvalue weighted by Gasteiger charge is -2.36. The fourth-order valence-electron chi connectivity index (χ4n) is 3.42. The SMILES string of the molecule is Cc1cccnc1C(NC(=O)N1CCCCC1c1nccs1)C(C)C. The van der Waals surface area contributed by atoms with Gasteiger partial charge < -0.3 is 10.2 Å². The summed E-state index contributed by atoms with van der Waals surface area (Å²) in [5, 5.41) is 6.25. The zero-order valence-corrected chi connectivity index (χ0v) is 15.9. The molecule has 3 heterocycles. The van der Waals surface area contributed by atoms with Crippen molar-refractivity contribution >= 4 is 17.4 Å². The lowest BCUT2D eigenvalue weighted by Crippen LogP contribution is -2.46. The molecule has 0 bridgehead atoms. The van der Waals surface area contributed by atoms with E-state index in [0.717, 1.165) is 42.1 Å². The van der Waals surface area contributed by atoms with Crippen molar-refractivity contribution in [2.45, 2.75) is 52.1 Å². The van der Waals surface area contributed by atoms with Gasteiger partial charge in [-0.1, -0.05) is 19.9 Å². The van der Waals surface area contributed by atoms with Gasteiger partial charge in [0, 0.05) is 24.3 Å². The molecule has 0 radical (unpaired) electrons. The van der Waals surface area contributed by atoms with E-state index in [2.05, 4.69) is 29.1 Å². The van der Waals surface area contributed by atoms with Crippen LogP contribution in [-0.4, -0.2) is 27.4 Å². The molecule has 2 amide bonds. The monoisotopic (exact) mass is 358 g/mol. The number of aromatic nitrogens is 2. The molecule has 2 aromatic rings. The Bertz CT molecular complexity index is 701. The van der Waals surface area contributed by atoms with E-state index < -0.39 is 0 Å². The quantitative estimate of drug-likeness (QED) is 0.876. The number of urea groups is 1. The first-order chi connectivity index (χ1) is 12.1. The fourth-order valence-corrected chi connectivity index (χ4v) is 4.21. The number of pyridine rings is 1. The van der Waals surface area contributed by atoms with E-state index in [1.54, 1.807) is 17.5 Å². The van der Waals surface area contributed by atoms with E-state index in [1.165, 1.54) is 0 Å². The van der Waals surface area contributed by atoms with Crippen LogP contribution in [0.15, 0.2) is 29.9 Å². The van der Waals surface area contributed by atoms with Crippen LogP contribution in [0.3, 0.4) is 0 Å². The first kappa shape index (κ1) is 17.9. The summed E-state index contributed by atoms with van der Waals surface area (Å²) in [6, 6.07) is 3.97. The minimum absolute atomic E-state index is 0.0105. The molecule has 0 aromatic carbocycles. The largest absolute Gasteiger partial charge is 0.329 e. The summed E-state index contributed by atoms with van der Waals surface area (Å²) in [4.78, 5) is 24.0. The topological polar surface area (TPSA) is 58.1 Å². The molecule has 1 N–H and O–H groups in total. The maximum absolute atomic E-state index is 13.1. The third kappa shape index (κ3) is 4.00. The number of hydrogen-bond acceptors (Lipinski definition) is 4. The van der Waals surface area contributed by atoms with Crippen molar-refractivity contribution in [1.82, 2.24) is 20.2 Å². The first-order valence-electron chi connectivity index (χ1n) is 8.96. The Kier molecular flexibility index (Phi) is 5.68. The summed E-state index contributed by atoms with van der Waals surface area (Å²) in [5.74, 6) is 0.264. The van der Waals surface area contributed by atoms with Crippen LogP contribution in [0.5, 0.6) is 0 Å². The van der Waals surface area contributed by atoms with Crippen molar-refractivity contribution in [3.63, 3.8) is 0 Å². The molecule has 1 aliphatic heterocycles. The van der Waals surface area contributed by atoms with E-state index in [-0.39, 0.29) is 24.0 Å². The zero-order chi connectivity index (χ0) is 17.8. The van der Waals surface area contributed by atoms with Crippen molar-refractivity contribution in [2.75, 3.05) is 6.54 Å². The molecule has 2 atom stereocenters. The number of thiazole rings is 1. The number of likely N-dealkylation sites (tertiary alicyclic amines) is 1. The summed E-state index contributed by atoms with van der Waals surface area (Å²) in [6.45, 7) is 7.06. The standard InChI is InChI=1S/C19H26N4OS/c1-13(2)16(17-14(3)7-6-9-20-17)22-19(24)23-11-5-4-8-15(23)18-21-10-12-25-18/h6-7,9-10,12-13,15-16H,4-5,8,11H2,1-3H3,(H,22,24). The molecule has 0 spiro atoms. The minimum Gasteiger partial charge on any atom is -0.329 e. The second-order valence-corrected chi connectivity index (χ2v) is 7.88. The number of rotatable bonds is 4. The van der Waals surface area contributed by atoms with E-state index in [1.807, 2.05) is 35.5 Å². The Balaban J connectivity index is 1.79. The van der Waals surface area contributed by atoms with Crippen molar-refractivity contribution in [2.24, 2.45) is 5.92 Å². The van der Waals surface area contributed by atoms with Crippen molar-refractivity contribution < 1.29 is 4.79 Å². The van der Waals surface area contributed by atoms with Gasteiger partial charge in [0.25, 0.3) is 0 Å². The maximum atomic E-state index is 13.1. The molecule has 2 aromatic heterocycles. The maximum Gasteiger partial charge on any atom is 0.318 e. The Labute approximate surface area is 153 Å². The van der Waals surface area contributed by atoms with Gasteiger partial charge in [-0.15, -0.1) is 11.3 Å². The highest BCUT2D eigenvalue weighted by Crippen LogP contribution is 2.33. The number of amides is 2. The molecular weight excluding hydrogens is 332 g/mol. The molecule has 3 rings (SSSR count). The predicted molar refractivity (Wildman–Crippen MR) is 100 cm³/mol. The average Bonchev–Trinajstić information content (AvgIpc) is 3.14. The second kappa shape index (κ2) is 7.95.